The molecule has 0 aliphatic carbocycles. The van der Waals surface area contributed by atoms with Crippen LogP contribution in [0.25, 0.3) is 0 Å². The van der Waals surface area contributed by atoms with Gasteiger partial charge >= 0.3 is 6.61 Å². The van der Waals surface area contributed by atoms with Crippen LogP contribution in [0.1, 0.15) is 0 Å². The van der Waals surface area contributed by atoms with Crippen molar-refractivity contribution in [3.05, 3.63) is 39.1 Å². The van der Waals surface area contributed by atoms with Crippen molar-refractivity contribution in [2.24, 2.45) is 0 Å². The molecule has 1 aromatic carbocycles. The molecule has 21 heavy (non-hydrogen) atoms. The molecule has 114 valence electrons. The highest BCUT2D eigenvalue weighted by molar-refractivity contribution is 9.11. The van der Waals surface area contributed by atoms with Gasteiger partial charge in [-0.3, -0.25) is 4.72 Å². The molecule has 1 aromatic heterocycles. The highest BCUT2D eigenvalue weighted by atomic mass is 79.9. The third-order valence-electron chi connectivity index (χ3n) is 2.23. The lowest BCUT2D eigenvalue weighted by Crippen LogP contribution is -2.13. The van der Waals surface area contributed by atoms with Gasteiger partial charge in [-0.2, -0.15) is 8.78 Å². The van der Waals surface area contributed by atoms with E-state index in [0.717, 1.165) is 11.3 Å². The number of nitrogens with one attached hydrogen (secondary N) is 1. The van der Waals surface area contributed by atoms with Crippen LogP contribution in [0.5, 0.6) is 5.75 Å². The number of alkyl halides is 2. The lowest BCUT2D eigenvalue weighted by atomic mass is 10.3. The van der Waals surface area contributed by atoms with E-state index in [9.17, 15) is 17.2 Å². The number of benzene rings is 1. The van der Waals surface area contributed by atoms with E-state index in [1.807, 2.05) is 0 Å². The summed E-state index contributed by atoms with van der Waals surface area (Å²) in [5.74, 6) is -0.266. The molecule has 2 aromatic rings. The van der Waals surface area contributed by atoms with Crippen molar-refractivity contribution in [3.8, 4) is 5.75 Å². The maximum atomic E-state index is 12.3. The first-order chi connectivity index (χ1) is 9.79. The number of ether oxygens (including phenoxy) is 1. The normalized spacial score (nSPS) is 11.7. The van der Waals surface area contributed by atoms with Crippen LogP contribution >= 0.6 is 38.9 Å². The number of halogens is 4. The zero-order chi connectivity index (χ0) is 15.6. The number of thiophene rings is 1. The summed E-state index contributed by atoms with van der Waals surface area (Å²) in [5.41, 5.74) is -0.0848. The van der Waals surface area contributed by atoms with Crippen LogP contribution in [0.3, 0.4) is 0 Å². The molecule has 1 heterocycles. The first-order valence-corrected chi connectivity index (χ1v) is 8.78. The number of hydrogen-bond donors (Lipinski definition) is 1. The average Bonchev–Trinajstić information content (AvgIpc) is 2.72. The summed E-state index contributed by atoms with van der Waals surface area (Å²) in [4.78, 5) is 0. The number of para-hydroxylation sites is 2. The van der Waals surface area contributed by atoms with E-state index in [1.165, 1.54) is 30.3 Å². The quantitative estimate of drug-likeness (QED) is 0.774. The summed E-state index contributed by atoms with van der Waals surface area (Å²) in [6.45, 7) is -3.05. The van der Waals surface area contributed by atoms with E-state index >= 15 is 0 Å². The summed E-state index contributed by atoms with van der Waals surface area (Å²) in [7, 11) is -3.94. The zero-order valence-electron chi connectivity index (χ0n) is 10.0. The minimum absolute atomic E-state index is 0.0498. The van der Waals surface area contributed by atoms with Crippen LogP contribution in [-0.2, 0) is 10.0 Å². The minimum atomic E-state index is -3.94. The van der Waals surface area contributed by atoms with E-state index in [-0.39, 0.29) is 20.7 Å². The van der Waals surface area contributed by atoms with Crippen LogP contribution < -0.4 is 9.46 Å². The molecule has 10 heteroatoms. The Labute approximate surface area is 136 Å². The van der Waals surface area contributed by atoms with Crippen molar-refractivity contribution in [3.63, 3.8) is 0 Å². The molecule has 1 N–H and O–H groups in total. The molecule has 4 nitrogen and oxygen atoms in total. The Morgan fingerprint density at radius 2 is 2.00 bits per heavy atom. The third-order valence-corrected chi connectivity index (χ3v) is 6.55. The van der Waals surface area contributed by atoms with E-state index in [4.69, 9.17) is 11.6 Å². The summed E-state index contributed by atoms with van der Waals surface area (Å²) in [6.07, 6.45) is 0. The molecular formula is C11H7BrClF2NO3S2. The highest BCUT2D eigenvalue weighted by Gasteiger charge is 2.21. The molecule has 0 saturated carbocycles. The van der Waals surface area contributed by atoms with Crippen LogP contribution in [0, 0.1) is 0 Å². The predicted octanol–water partition coefficient (Wildman–Crippen LogP) is 4.57. The van der Waals surface area contributed by atoms with E-state index in [1.54, 1.807) is 0 Å². The minimum Gasteiger partial charge on any atom is -0.433 e. The fourth-order valence-electron chi connectivity index (χ4n) is 1.40. The van der Waals surface area contributed by atoms with Crippen molar-refractivity contribution < 1.29 is 21.9 Å². The molecule has 0 unspecified atom stereocenters. The van der Waals surface area contributed by atoms with Crippen molar-refractivity contribution in [2.45, 2.75) is 10.8 Å². The highest BCUT2D eigenvalue weighted by Crippen LogP contribution is 2.36. The Morgan fingerprint density at radius 1 is 1.33 bits per heavy atom. The maximum Gasteiger partial charge on any atom is 0.387 e. The standard InChI is InChI=1S/C11H7BrClF2NO3S2/c12-10-6(13)5-9(20-10)21(17,18)16-7-3-1-2-4-8(7)19-11(14)15/h1-5,11,16H. The van der Waals surface area contributed by atoms with Crippen molar-refractivity contribution in [1.82, 2.24) is 0 Å². The topological polar surface area (TPSA) is 55.4 Å². The Kier molecular flexibility index (Phi) is 5.07. The summed E-state index contributed by atoms with van der Waals surface area (Å²) < 4.78 is 55.8. The Balaban J connectivity index is 2.33. The lowest BCUT2D eigenvalue weighted by Gasteiger charge is -2.12. The predicted molar refractivity (Wildman–Crippen MR) is 80.9 cm³/mol. The van der Waals surface area contributed by atoms with Crippen LogP contribution in [0.15, 0.2) is 38.3 Å². The Morgan fingerprint density at radius 3 is 2.57 bits per heavy atom. The second kappa shape index (κ2) is 6.47. The third kappa shape index (κ3) is 4.06. The monoisotopic (exact) mass is 417 g/mol. The summed E-state index contributed by atoms with van der Waals surface area (Å²) >= 11 is 9.80. The van der Waals surface area contributed by atoms with Gasteiger partial charge in [-0.25, -0.2) is 8.42 Å². The number of anilines is 1. The SMILES string of the molecule is O=S(=O)(Nc1ccccc1OC(F)F)c1cc(Cl)c(Br)s1. The zero-order valence-corrected chi connectivity index (χ0v) is 14.0. The van der Waals surface area contributed by atoms with Gasteiger partial charge in [0.25, 0.3) is 10.0 Å². The number of hydrogen-bond acceptors (Lipinski definition) is 4. The van der Waals surface area contributed by atoms with Gasteiger partial charge < -0.3 is 4.74 Å². The molecule has 0 saturated heterocycles. The van der Waals surface area contributed by atoms with Crippen LogP contribution in [0.4, 0.5) is 14.5 Å². The lowest BCUT2D eigenvalue weighted by molar-refractivity contribution is -0.0493. The molecule has 0 spiro atoms. The smallest absolute Gasteiger partial charge is 0.387 e. The van der Waals surface area contributed by atoms with Gasteiger partial charge in [0.05, 0.1) is 14.5 Å². The molecule has 0 atom stereocenters. The van der Waals surface area contributed by atoms with Crippen molar-refractivity contribution in [1.29, 1.82) is 0 Å². The van der Waals surface area contributed by atoms with Gasteiger partial charge in [0.2, 0.25) is 0 Å². The second-order valence-corrected chi connectivity index (χ2v) is 8.35. The van der Waals surface area contributed by atoms with Crippen molar-refractivity contribution >= 4 is 54.6 Å². The molecule has 0 aliphatic rings. The van der Waals surface area contributed by atoms with Gasteiger partial charge in [0, 0.05) is 0 Å². The molecule has 0 aliphatic heterocycles. The first kappa shape index (κ1) is 16.5. The average molecular weight is 419 g/mol. The van der Waals surface area contributed by atoms with E-state index in [0.29, 0.717) is 3.79 Å². The Bertz CT molecular complexity index is 732. The maximum absolute atomic E-state index is 12.3. The van der Waals surface area contributed by atoms with Crippen LogP contribution in [-0.4, -0.2) is 15.0 Å². The molecular weight excluding hydrogens is 412 g/mol. The van der Waals surface area contributed by atoms with Crippen molar-refractivity contribution in [2.75, 3.05) is 4.72 Å². The fourth-order valence-corrected chi connectivity index (χ4v) is 4.87. The van der Waals surface area contributed by atoms with Gasteiger partial charge in [-0.1, -0.05) is 23.7 Å². The van der Waals surface area contributed by atoms with Gasteiger partial charge in [0.15, 0.2) is 0 Å². The number of sulfonamides is 1. The van der Waals surface area contributed by atoms with Crippen LogP contribution in [0.2, 0.25) is 5.02 Å². The van der Waals surface area contributed by atoms with E-state index < -0.39 is 16.6 Å². The molecule has 0 amide bonds. The largest absolute Gasteiger partial charge is 0.433 e. The Hall–Kier alpha value is -0.900. The molecule has 0 radical (unpaired) electrons. The fraction of sp³-hybridized carbons (Fsp3) is 0.0909. The van der Waals surface area contributed by atoms with E-state index in [2.05, 4.69) is 25.4 Å². The second-order valence-electron chi connectivity index (χ2n) is 3.67. The molecule has 2 rings (SSSR count). The van der Waals surface area contributed by atoms with Gasteiger partial charge in [-0.05, 0) is 34.1 Å². The summed E-state index contributed by atoms with van der Waals surface area (Å²) in [5, 5.41) is 0.248. The van der Waals surface area contributed by atoms with Gasteiger partial charge in [-0.15, -0.1) is 11.3 Å². The molecule has 0 fully saturated rings. The number of rotatable bonds is 5. The first-order valence-electron chi connectivity index (χ1n) is 5.31. The van der Waals surface area contributed by atoms with Gasteiger partial charge in [0.1, 0.15) is 9.96 Å². The summed E-state index contributed by atoms with van der Waals surface area (Å²) in [6, 6.07) is 6.76. The molecule has 0 bridgehead atoms.